The summed E-state index contributed by atoms with van der Waals surface area (Å²) in [6.45, 7) is 3.23. The van der Waals surface area contributed by atoms with Crippen molar-refractivity contribution in [3.63, 3.8) is 0 Å². The van der Waals surface area contributed by atoms with E-state index in [1.807, 2.05) is 42.5 Å². The predicted molar refractivity (Wildman–Crippen MR) is 103 cm³/mol. The van der Waals surface area contributed by atoms with Crippen molar-refractivity contribution in [1.29, 1.82) is 0 Å². The van der Waals surface area contributed by atoms with Gasteiger partial charge < -0.3 is 15.2 Å². The number of hydrogen-bond acceptors (Lipinski definition) is 4. The molecule has 3 amide bonds. The third-order valence-electron chi connectivity index (χ3n) is 4.59. The van der Waals surface area contributed by atoms with Crippen LogP contribution in [-0.4, -0.2) is 46.6 Å². The predicted octanol–water partition coefficient (Wildman–Crippen LogP) is 2.76. The van der Waals surface area contributed by atoms with Gasteiger partial charge in [-0.15, -0.1) is 0 Å². The molecule has 1 aliphatic heterocycles. The van der Waals surface area contributed by atoms with Crippen molar-refractivity contribution in [3.8, 4) is 16.9 Å². The van der Waals surface area contributed by atoms with Crippen LogP contribution in [0.2, 0.25) is 0 Å². The monoisotopic (exact) mass is 382 g/mol. The molecule has 7 nitrogen and oxygen atoms in total. The van der Waals surface area contributed by atoms with Crippen LogP contribution in [0, 0.1) is 5.92 Å². The van der Waals surface area contributed by atoms with E-state index in [0.717, 1.165) is 16.0 Å². The van der Waals surface area contributed by atoms with E-state index in [9.17, 15) is 19.5 Å². The van der Waals surface area contributed by atoms with Crippen LogP contribution in [-0.2, 0) is 9.59 Å². The lowest BCUT2D eigenvalue weighted by molar-refractivity contribution is -0.148. The number of carboxylic acid groups (broad SMARTS) is 1. The van der Waals surface area contributed by atoms with E-state index >= 15 is 0 Å². The molecule has 3 rings (SSSR count). The zero-order valence-electron chi connectivity index (χ0n) is 15.7. The van der Waals surface area contributed by atoms with E-state index in [1.165, 1.54) is 0 Å². The topological polar surface area (TPSA) is 95.9 Å². The van der Waals surface area contributed by atoms with Crippen molar-refractivity contribution in [2.24, 2.45) is 5.92 Å². The largest absolute Gasteiger partial charge is 0.491 e. The minimum absolute atomic E-state index is 0.0732. The Morgan fingerprint density at radius 2 is 1.68 bits per heavy atom. The third-order valence-corrected chi connectivity index (χ3v) is 4.59. The molecule has 1 heterocycles. The lowest BCUT2D eigenvalue weighted by atomic mass is 10.0. The highest BCUT2D eigenvalue weighted by atomic mass is 16.5. The van der Waals surface area contributed by atoms with Gasteiger partial charge in [0.25, 0.3) is 5.91 Å². The standard InChI is InChI=1S/C21H22N2O5/c1-13(2)18(20(25)26)23-19(24)17(22-21(23)27)12-28-16-10-8-15(9-11-16)14-6-4-3-5-7-14/h3-11,13,17-18H,12H2,1-2H3,(H,22,27)(H,25,26)/t17?,18-/m1/s1. The fraction of sp³-hybridized carbons (Fsp3) is 0.286. The van der Waals surface area contributed by atoms with E-state index in [-0.39, 0.29) is 6.61 Å². The molecule has 146 valence electrons. The van der Waals surface area contributed by atoms with Crippen LogP contribution in [0.5, 0.6) is 5.75 Å². The van der Waals surface area contributed by atoms with E-state index in [0.29, 0.717) is 5.75 Å². The molecule has 2 aromatic carbocycles. The summed E-state index contributed by atoms with van der Waals surface area (Å²) in [7, 11) is 0. The summed E-state index contributed by atoms with van der Waals surface area (Å²) in [6.07, 6.45) is 0. The van der Waals surface area contributed by atoms with Crippen LogP contribution in [0.1, 0.15) is 13.8 Å². The van der Waals surface area contributed by atoms with Crippen LogP contribution < -0.4 is 10.1 Å². The van der Waals surface area contributed by atoms with Crippen LogP contribution >= 0.6 is 0 Å². The second kappa shape index (κ2) is 8.12. The molecule has 0 radical (unpaired) electrons. The fourth-order valence-electron chi connectivity index (χ4n) is 3.17. The summed E-state index contributed by atoms with van der Waals surface area (Å²) in [4.78, 5) is 36.9. The minimum Gasteiger partial charge on any atom is -0.491 e. The summed E-state index contributed by atoms with van der Waals surface area (Å²) in [5.74, 6) is -1.65. The van der Waals surface area contributed by atoms with Gasteiger partial charge in [-0.3, -0.25) is 4.79 Å². The second-order valence-corrected chi connectivity index (χ2v) is 6.94. The number of rotatable bonds is 7. The number of nitrogens with zero attached hydrogens (tertiary/aromatic N) is 1. The number of hydrogen-bond donors (Lipinski definition) is 2. The number of carboxylic acids is 1. The van der Waals surface area contributed by atoms with Gasteiger partial charge in [-0.05, 0) is 29.2 Å². The summed E-state index contributed by atoms with van der Waals surface area (Å²) < 4.78 is 5.64. The number of benzene rings is 2. The molecule has 1 aliphatic rings. The smallest absolute Gasteiger partial charge is 0.327 e. The van der Waals surface area contributed by atoms with Gasteiger partial charge in [0, 0.05) is 0 Å². The maximum Gasteiger partial charge on any atom is 0.327 e. The highest BCUT2D eigenvalue weighted by Gasteiger charge is 2.46. The fourth-order valence-corrected chi connectivity index (χ4v) is 3.17. The molecule has 0 aliphatic carbocycles. The number of carbonyl (C=O) groups excluding carboxylic acids is 2. The molecular formula is C21H22N2O5. The van der Waals surface area contributed by atoms with Gasteiger partial charge in [-0.1, -0.05) is 56.3 Å². The van der Waals surface area contributed by atoms with Gasteiger partial charge >= 0.3 is 12.0 Å². The number of imide groups is 1. The van der Waals surface area contributed by atoms with E-state index < -0.39 is 35.9 Å². The molecule has 0 bridgehead atoms. The van der Waals surface area contributed by atoms with Crippen molar-refractivity contribution in [2.45, 2.75) is 25.9 Å². The third kappa shape index (κ3) is 3.98. The molecule has 28 heavy (non-hydrogen) atoms. The summed E-state index contributed by atoms with van der Waals surface area (Å²) in [5.41, 5.74) is 2.11. The Bertz CT molecular complexity index is 864. The molecule has 1 unspecified atom stereocenters. The SMILES string of the molecule is CC(C)[C@H](C(=O)O)N1C(=O)NC(COc2ccc(-c3ccccc3)cc2)C1=O. The molecular weight excluding hydrogens is 360 g/mol. The number of nitrogens with one attached hydrogen (secondary N) is 1. The Kier molecular flexibility index (Phi) is 5.63. The summed E-state index contributed by atoms with van der Waals surface area (Å²) >= 11 is 0. The summed E-state index contributed by atoms with van der Waals surface area (Å²) in [6, 6.07) is 14.4. The van der Waals surface area contributed by atoms with Gasteiger partial charge in [0.15, 0.2) is 0 Å². The van der Waals surface area contributed by atoms with Gasteiger partial charge in [0.05, 0.1) is 0 Å². The minimum atomic E-state index is -1.21. The maximum atomic E-state index is 12.5. The molecule has 7 heteroatoms. The van der Waals surface area contributed by atoms with Gasteiger partial charge in [-0.2, -0.15) is 0 Å². The zero-order valence-corrected chi connectivity index (χ0v) is 15.7. The number of ether oxygens (including phenoxy) is 1. The molecule has 1 fully saturated rings. The van der Waals surface area contributed by atoms with E-state index in [1.54, 1.807) is 26.0 Å². The molecule has 0 saturated carbocycles. The summed E-state index contributed by atoms with van der Waals surface area (Å²) in [5, 5.41) is 11.8. The molecule has 2 aromatic rings. The number of amides is 3. The van der Waals surface area contributed by atoms with Crippen LogP contribution in [0.3, 0.4) is 0 Å². The van der Waals surface area contributed by atoms with Gasteiger partial charge in [0.2, 0.25) is 0 Å². The van der Waals surface area contributed by atoms with Crippen molar-refractivity contribution in [2.75, 3.05) is 6.61 Å². The molecule has 0 aromatic heterocycles. The number of aliphatic carboxylic acids is 1. The average Bonchev–Trinajstić information content (AvgIpc) is 2.95. The lowest BCUT2D eigenvalue weighted by Crippen LogP contribution is -2.48. The second-order valence-electron chi connectivity index (χ2n) is 6.94. The van der Waals surface area contributed by atoms with Crippen molar-refractivity contribution >= 4 is 17.9 Å². The van der Waals surface area contributed by atoms with Gasteiger partial charge in [-0.25, -0.2) is 14.5 Å². The number of urea groups is 1. The maximum absolute atomic E-state index is 12.5. The highest BCUT2D eigenvalue weighted by molar-refractivity contribution is 6.07. The average molecular weight is 382 g/mol. The molecule has 2 N–H and O–H groups in total. The van der Waals surface area contributed by atoms with Crippen molar-refractivity contribution in [3.05, 3.63) is 54.6 Å². The van der Waals surface area contributed by atoms with Crippen LogP contribution in [0.25, 0.3) is 11.1 Å². The Morgan fingerprint density at radius 1 is 1.07 bits per heavy atom. The first-order valence-corrected chi connectivity index (χ1v) is 9.03. The zero-order chi connectivity index (χ0) is 20.3. The first kappa shape index (κ1) is 19.4. The Labute approximate surface area is 162 Å². The molecule has 2 atom stereocenters. The van der Waals surface area contributed by atoms with Crippen LogP contribution in [0.15, 0.2) is 54.6 Å². The molecule has 0 spiro atoms. The normalized spacial score (nSPS) is 17.5. The Hall–Kier alpha value is -3.35. The quantitative estimate of drug-likeness (QED) is 0.718. The molecule has 1 saturated heterocycles. The Balaban J connectivity index is 1.64. The highest BCUT2D eigenvalue weighted by Crippen LogP contribution is 2.23. The Morgan fingerprint density at radius 3 is 2.25 bits per heavy atom. The number of carbonyl (C=O) groups is 3. The van der Waals surface area contributed by atoms with Crippen LogP contribution in [0.4, 0.5) is 4.79 Å². The van der Waals surface area contributed by atoms with E-state index in [2.05, 4.69) is 5.32 Å². The van der Waals surface area contributed by atoms with Gasteiger partial charge in [0.1, 0.15) is 24.4 Å². The first-order chi connectivity index (χ1) is 13.4. The van der Waals surface area contributed by atoms with Crippen molar-refractivity contribution < 1.29 is 24.2 Å². The van der Waals surface area contributed by atoms with E-state index in [4.69, 9.17) is 4.74 Å². The lowest BCUT2D eigenvalue weighted by Gasteiger charge is -2.24. The van der Waals surface area contributed by atoms with Crippen molar-refractivity contribution in [1.82, 2.24) is 10.2 Å². The first-order valence-electron chi connectivity index (χ1n) is 9.03.